The third-order valence-electron chi connectivity index (χ3n) is 2.23. The van der Waals surface area contributed by atoms with Crippen LogP contribution in [0.15, 0.2) is 18.3 Å². The first-order valence-electron chi connectivity index (χ1n) is 4.76. The molecule has 0 aliphatic carbocycles. The summed E-state index contributed by atoms with van der Waals surface area (Å²) in [5.41, 5.74) is 0. The van der Waals surface area contributed by atoms with Gasteiger partial charge in [-0.3, -0.25) is 0 Å². The average Bonchev–Trinajstić information content (AvgIpc) is 2.71. The standard InChI is InChI=1S/C10H14N2O2/c1-13-10-6-8(3-5-12-10)14-9-2-4-11-7-9/h3,5-6,9,11H,2,4,7H2,1H3. The van der Waals surface area contributed by atoms with Crippen LogP contribution in [0.3, 0.4) is 0 Å². The van der Waals surface area contributed by atoms with Gasteiger partial charge in [0.15, 0.2) is 0 Å². The minimum atomic E-state index is 0.280. The molecule has 0 aromatic carbocycles. The average molecular weight is 194 g/mol. The highest BCUT2D eigenvalue weighted by molar-refractivity contribution is 5.26. The van der Waals surface area contributed by atoms with Crippen LogP contribution in [-0.4, -0.2) is 31.3 Å². The van der Waals surface area contributed by atoms with Crippen LogP contribution in [0.2, 0.25) is 0 Å². The van der Waals surface area contributed by atoms with Crippen molar-refractivity contribution in [1.29, 1.82) is 0 Å². The highest BCUT2D eigenvalue weighted by atomic mass is 16.5. The van der Waals surface area contributed by atoms with E-state index in [0.29, 0.717) is 5.88 Å². The molecule has 4 heteroatoms. The van der Waals surface area contributed by atoms with Crippen LogP contribution in [0.25, 0.3) is 0 Å². The topological polar surface area (TPSA) is 43.4 Å². The Morgan fingerprint density at radius 1 is 1.57 bits per heavy atom. The minimum Gasteiger partial charge on any atom is -0.489 e. The third kappa shape index (κ3) is 2.14. The van der Waals surface area contributed by atoms with E-state index in [1.165, 1.54) is 0 Å². The third-order valence-corrected chi connectivity index (χ3v) is 2.23. The van der Waals surface area contributed by atoms with Crippen LogP contribution >= 0.6 is 0 Å². The SMILES string of the molecule is COc1cc(OC2CCNC2)ccn1. The van der Waals surface area contributed by atoms with Crippen molar-refractivity contribution in [3.8, 4) is 11.6 Å². The summed E-state index contributed by atoms with van der Waals surface area (Å²) in [6, 6.07) is 3.65. The largest absolute Gasteiger partial charge is 0.489 e. The van der Waals surface area contributed by atoms with E-state index in [0.717, 1.165) is 25.3 Å². The van der Waals surface area contributed by atoms with Crippen molar-refractivity contribution in [2.24, 2.45) is 0 Å². The van der Waals surface area contributed by atoms with Crippen LogP contribution in [0.4, 0.5) is 0 Å². The number of rotatable bonds is 3. The zero-order valence-electron chi connectivity index (χ0n) is 8.19. The molecular weight excluding hydrogens is 180 g/mol. The monoisotopic (exact) mass is 194 g/mol. The Morgan fingerprint density at radius 2 is 2.50 bits per heavy atom. The summed E-state index contributed by atoms with van der Waals surface area (Å²) in [6.45, 7) is 1.96. The number of hydrogen-bond donors (Lipinski definition) is 1. The molecule has 1 atom stereocenters. The second kappa shape index (κ2) is 4.28. The smallest absolute Gasteiger partial charge is 0.216 e. The molecule has 2 rings (SSSR count). The molecule has 1 aliphatic rings. The molecule has 1 unspecified atom stereocenters. The van der Waals surface area contributed by atoms with Gasteiger partial charge in [-0.15, -0.1) is 0 Å². The molecule has 2 heterocycles. The molecule has 0 amide bonds. The first kappa shape index (κ1) is 9.27. The van der Waals surface area contributed by atoms with Gasteiger partial charge in [0.05, 0.1) is 7.11 Å². The second-order valence-corrected chi connectivity index (χ2v) is 3.27. The number of ether oxygens (including phenoxy) is 2. The summed E-state index contributed by atoms with van der Waals surface area (Å²) in [5.74, 6) is 1.42. The number of methoxy groups -OCH3 is 1. The zero-order chi connectivity index (χ0) is 9.80. The maximum absolute atomic E-state index is 5.74. The van der Waals surface area contributed by atoms with Gasteiger partial charge in [0.25, 0.3) is 0 Å². The first-order valence-corrected chi connectivity index (χ1v) is 4.76. The molecular formula is C10H14N2O2. The van der Waals surface area contributed by atoms with Gasteiger partial charge in [-0.25, -0.2) is 4.98 Å². The van der Waals surface area contributed by atoms with Gasteiger partial charge in [0, 0.05) is 18.8 Å². The maximum Gasteiger partial charge on any atom is 0.216 e. The second-order valence-electron chi connectivity index (χ2n) is 3.27. The summed E-state index contributed by atoms with van der Waals surface area (Å²) in [6.07, 6.45) is 3.03. The molecule has 14 heavy (non-hydrogen) atoms. The van der Waals surface area contributed by atoms with E-state index < -0.39 is 0 Å². The number of nitrogens with one attached hydrogen (secondary N) is 1. The number of hydrogen-bond acceptors (Lipinski definition) is 4. The van der Waals surface area contributed by atoms with Crippen LogP contribution in [0.1, 0.15) is 6.42 Å². The van der Waals surface area contributed by atoms with Crippen molar-refractivity contribution in [2.45, 2.75) is 12.5 Å². The molecule has 1 aliphatic heterocycles. The fourth-order valence-electron chi connectivity index (χ4n) is 1.50. The molecule has 0 saturated carbocycles. The van der Waals surface area contributed by atoms with E-state index in [1.807, 2.05) is 6.07 Å². The lowest BCUT2D eigenvalue weighted by Crippen LogP contribution is -2.19. The minimum absolute atomic E-state index is 0.280. The Kier molecular flexibility index (Phi) is 2.84. The van der Waals surface area contributed by atoms with Crippen molar-refractivity contribution in [1.82, 2.24) is 10.3 Å². The van der Waals surface area contributed by atoms with Gasteiger partial charge >= 0.3 is 0 Å². The van der Waals surface area contributed by atoms with E-state index in [-0.39, 0.29) is 6.10 Å². The highest BCUT2D eigenvalue weighted by Gasteiger charge is 2.15. The van der Waals surface area contributed by atoms with Gasteiger partial charge in [0.2, 0.25) is 5.88 Å². The number of aromatic nitrogens is 1. The first-order chi connectivity index (χ1) is 6.88. The van der Waals surface area contributed by atoms with Crippen molar-refractivity contribution in [2.75, 3.05) is 20.2 Å². The molecule has 1 saturated heterocycles. The van der Waals surface area contributed by atoms with Gasteiger partial charge in [-0.05, 0) is 19.0 Å². The fraction of sp³-hybridized carbons (Fsp3) is 0.500. The molecule has 1 N–H and O–H groups in total. The predicted molar refractivity (Wildman–Crippen MR) is 52.7 cm³/mol. The Balaban J connectivity index is 2.00. The van der Waals surface area contributed by atoms with E-state index in [9.17, 15) is 0 Å². The Morgan fingerprint density at radius 3 is 3.21 bits per heavy atom. The molecule has 1 aromatic heterocycles. The lowest BCUT2D eigenvalue weighted by molar-refractivity contribution is 0.221. The number of pyridine rings is 1. The van der Waals surface area contributed by atoms with Crippen LogP contribution < -0.4 is 14.8 Å². The summed E-state index contributed by atoms with van der Waals surface area (Å²) in [7, 11) is 1.60. The zero-order valence-corrected chi connectivity index (χ0v) is 8.19. The van der Waals surface area contributed by atoms with Crippen molar-refractivity contribution < 1.29 is 9.47 Å². The maximum atomic E-state index is 5.74. The van der Waals surface area contributed by atoms with E-state index in [2.05, 4.69) is 10.3 Å². The fourth-order valence-corrected chi connectivity index (χ4v) is 1.50. The van der Waals surface area contributed by atoms with Gasteiger partial charge in [-0.2, -0.15) is 0 Å². The van der Waals surface area contributed by atoms with Gasteiger partial charge in [-0.1, -0.05) is 0 Å². The van der Waals surface area contributed by atoms with E-state index in [4.69, 9.17) is 9.47 Å². The summed E-state index contributed by atoms with van der Waals surface area (Å²) in [4.78, 5) is 4.01. The molecule has 1 aromatic rings. The van der Waals surface area contributed by atoms with Gasteiger partial charge < -0.3 is 14.8 Å². The van der Waals surface area contributed by atoms with Crippen LogP contribution in [-0.2, 0) is 0 Å². The number of nitrogens with zero attached hydrogens (tertiary/aromatic N) is 1. The molecule has 1 fully saturated rings. The lowest BCUT2D eigenvalue weighted by atomic mass is 10.3. The Hall–Kier alpha value is -1.29. The molecule has 0 radical (unpaired) electrons. The van der Waals surface area contributed by atoms with E-state index >= 15 is 0 Å². The van der Waals surface area contributed by atoms with Crippen molar-refractivity contribution >= 4 is 0 Å². The molecule has 76 valence electrons. The van der Waals surface area contributed by atoms with Crippen molar-refractivity contribution in [3.05, 3.63) is 18.3 Å². The lowest BCUT2D eigenvalue weighted by Gasteiger charge is -2.12. The van der Waals surface area contributed by atoms with E-state index in [1.54, 1.807) is 19.4 Å². The molecule has 0 spiro atoms. The Labute approximate surface area is 83.2 Å². The summed E-state index contributed by atoms with van der Waals surface area (Å²) in [5, 5.41) is 3.25. The normalized spacial score (nSPS) is 20.8. The summed E-state index contributed by atoms with van der Waals surface area (Å²) >= 11 is 0. The predicted octanol–water partition coefficient (Wildman–Crippen LogP) is 0.831. The van der Waals surface area contributed by atoms with Gasteiger partial charge in [0.1, 0.15) is 11.9 Å². The van der Waals surface area contributed by atoms with Crippen LogP contribution in [0, 0.1) is 0 Å². The summed E-state index contributed by atoms with van der Waals surface area (Å²) < 4.78 is 10.7. The highest BCUT2D eigenvalue weighted by Crippen LogP contribution is 2.18. The quantitative estimate of drug-likeness (QED) is 0.774. The van der Waals surface area contributed by atoms with Crippen molar-refractivity contribution in [3.63, 3.8) is 0 Å². The Bertz CT molecular complexity index is 298. The van der Waals surface area contributed by atoms with Crippen LogP contribution in [0.5, 0.6) is 11.6 Å². The molecule has 0 bridgehead atoms. The molecule has 4 nitrogen and oxygen atoms in total.